The number of fused-ring (bicyclic) bond motifs is 2. The summed E-state index contributed by atoms with van der Waals surface area (Å²) >= 11 is 0. The lowest BCUT2D eigenvalue weighted by Gasteiger charge is -2.18. The third-order valence-corrected chi connectivity index (χ3v) is 5.54. The van der Waals surface area contributed by atoms with E-state index >= 15 is 0 Å². The van der Waals surface area contributed by atoms with Crippen molar-refractivity contribution in [2.24, 2.45) is 0 Å². The Morgan fingerprint density at radius 3 is 3.17 bits per heavy atom. The molecule has 0 spiro atoms. The third-order valence-electron chi connectivity index (χ3n) is 5.54. The molecule has 0 saturated carbocycles. The van der Waals surface area contributed by atoms with Gasteiger partial charge in [0.25, 0.3) is 5.91 Å². The molecule has 5 rings (SSSR count). The Bertz CT molecular complexity index is 1100. The van der Waals surface area contributed by atoms with Crippen molar-refractivity contribution < 1.29 is 14.3 Å². The average molecular weight is 407 g/mol. The van der Waals surface area contributed by atoms with Crippen LogP contribution in [0.4, 0.5) is 5.69 Å². The molecule has 2 aromatic heterocycles. The van der Waals surface area contributed by atoms with E-state index < -0.39 is 0 Å². The van der Waals surface area contributed by atoms with Gasteiger partial charge < -0.3 is 20.1 Å². The zero-order valence-electron chi connectivity index (χ0n) is 17.1. The van der Waals surface area contributed by atoms with Crippen LogP contribution < -0.4 is 20.1 Å². The average Bonchev–Trinajstić information content (AvgIpc) is 3.43. The number of carbonyl (C=O) groups excluding carboxylic acids is 1. The van der Waals surface area contributed by atoms with Crippen LogP contribution in [0.1, 0.15) is 42.6 Å². The van der Waals surface area contributed by atoms with Gasteiger partial charge in [0.15, 0.2) is 5.65 Å². The molecule has 1 atom stereocenters. The second-order valence-electron chi connectivity index (χ2n) is 8.50. The summed E-state index contributed by atoms with van der Waals surface area (Å²) in [4.78, 5) is 17.3. The van der Waals surface area contributed by atoms with Crippen LogP contribution >= 0.6 is 0 Å². The summed E-state index contributed by atoms with van der Waals surface area (Å²) in [6.45, 7) is 5.67. The summed E-state index contributed by atoms with van der Waals surface area (Å²) in [7, 11) is 0. The molecular formula is C22H25N5O3. The summed E-state index contributed by atoms with van der Waals surface area (Å²) in [6.07, 6.45) is 7.95. The van der Waals surface area contributed by atoms with E-state index in [2.05, 4.69) is 34.6 Å². The Morgan fingerprint density at radius 2 is 2.33 bits per heavy atom. The normalized spacial score (nSPS) is 19.5. The second-order valence-corrected chi connectivity index (χ2v) is 8.50. The van der Waals surface area contributed by atoms with Crippen LogP contribution in [0.15, 0.2) is 36.8 Å². The molecule has 1 aromatic carbocycles. The van der Waals surface area contributed by atoms with Gasteiger partial charge in [0, 0.05) is 36.5 Å². The Hall–Kier alpha value is -3.13. The van der Waals surface area contributed by atoms with Crippen molar-refractivity contribution in [3.63, 3.8) is 0 Å². The summed E-state index contributed by atoms with van der Waals surface area (Å²) in [5.74, 6) is 1.15. The molecule has 30 heavy (non-hydrogen) atoms. The first-order valence-electron chi connectivity index (χ1n) is 10.3. The van der Waals surface area contributed by atoms with Gasteiger partial charge in [-0.3, -0.25) is 4.79 Å². The quantitative estimate of drug-likeness (QED) is 0.676. The zero-order chi connectivity index (χ0) is 20.7. The van der Waals surface area contributed by atoms with Gasteiger partial charge in [-0.15, -0.1) is 0 Å². The molecule has 1 fully saturated rings. The molecule has 3 aromatic rings. The number of hydrogen-bond donors (Lipinski definition) is 2. The number of anilines is 1. The van der Waals surface area contributed by atoms with Crippen LogP contribution in [0, 0.1) is 0 Å². The van der Waals surface area contributed by atoms with Crippen LogP contribution in [-0.2, 0) is 6.42 Å². The van der Waals surface area contributed by atoms with Gasteiger partial charge in [-0.2, -0.15) is 5.10 Å². The van der Waals surface area contributed by atoms with Crippen molar-refractivity contribution in [1.29, 1.82) is 0 Å². The lowest BCUT2D eigenvalue weighted by Crippen LogP contribution is -2.28. The third kappa shape index (κ3) is 3.59. The van der Waals surface area contributed by atoms with Crippen LogP contribution in [-0.4, -0.2) is 45.3 Å². The van der Waals surface area contributed by atoms with Crippen LogP contribution in [0.25, 0.3) is 5.65 Å². The van der Waals surface area contributed by atoms with E-state index in [1.54, 1.807) is 23.0 Å². The molecule has 8 heteroatoms. The first kappa shape index (κ1) is 18.9. The van der Waals surface area contributed by atoms with E-state index in [9.17, 15) is 4.79 Å². The predicted molar refractivity (Wildman–Crippen MR) is 112 cm³/mol. The number of ether oxygens (including phenoxy) is 2. The summed E-state index contributed by atoms with van der Waals surface area (Å²) < 4.78 is 13.8. The fourth-order valence-corrected chi connectivity index (χ4v) is 4.12. The van der Waals surface area contributed by atoms with E-state index in [0.29, 0.717) is 35.3 Å². The number of nitrogens with one attached hydrogen (secondary N) is 2. The fraction of sp³-hybridized carbons (Fsp3) is 0.409. The number of hydrogen-bond acceptors (Lipinski definition) is 6. The van der Waals surface area contributed by atoms with Gasteiger partial charge in [-0.25, -0.2) is 9.50 Å². The minimum atomic E-state index is -0.276. The maximum Gasteiger partial charge on any atom is 0.261 e. The van der Waals surface area contributed by atoms with Gasteiger partial charge in [0.1, 0.15) is 29.3 Å². The lowest BCUT2D eigenvalue weighted by atomic mass is 10.0. The van der Waals surface area contributed by atoms with Crippen molar-refractivity contribution in [3.05, 3.63) is 47.9 Å². The number of nitrogens with zero attached hydrogens (tertiary/aromatic N) is 3. The first-order valence-corrected chi connectivity index (χ1v) is 10.3. The summed E-state index contributed by atoms with van der Waals surface area (Å²) in [6, 6.07) is 5.94. The van der Waals surface area contributed by atoms with E-state index in [1.165, 1.54) is 6.20 Å². The number of carbonyl (C=O) groups is 1. The zero-order valence-corrected chi connectivity index (χ0v) is 17.1. The van der Waals surface area contributed by atoms with E-state index in [1.807, 2.05) is 12.1 Å². The highest BCUT2D eigenvalue weighted by atomic mass is 16.5. The maximum absolute atomic E-state index is 13.0. The number of aromatic nitrogens is 3. The van der Waals surface area contributed by atoms with Crippen molar-refractivity contribution in [1.82, 2.24) is 19.9 Å². The molecule has 8 nitrogen and oxygen atoms in total. The Labute approximate surface area is 174 Å². The Morgan fingerprint density at radius 1 is 1.43 bits per heavy atom. The topological polar surface area (TPSA) is 89.8 Å². The maximum atomic E-state index is 13.0. The lowest BCUT2D eigenvalue weighted by molar-refractivity contribution is 0.102. The molecule has 1 amide bonds. The standard InChI is InChI=1S/C22H25N5O3/c1-22(2)11-14-9-17(19(10-18(14)30-22)29-13-15-5-3-6-23-15)26-21(28)16-12-25-27-8-4-7-24-20(16)27/h4,7-10,12,15,23H,3,5-6,11,13H2,1-2H3,(H,26,28). The SMILES string of the molecule is CC1(C)Cc2cc(NC(=O)c3cnn4cccnc34)c(OCC3CCCN3)cc2O1. The van der Waals surface area contributed by atoms with Crippen molar-refractivity contribution in [2.75, 3.05) is 18.5 Å². The second kappa shape index (κ2) is 7.28. The van der Waals surface area contributed by atoms with Crippen molar-refractivity contribution in [2.45, 2.75) is 44.8 Å². The van der Waals surface area contributed by atoms with Crippen LogP contribution in [0.5, 0.6) is 11.5 Å². The van der Waals surface area contributed by atoms with E-state index in [-0.39, 0.29) is 11.5 Å². The molecule has 2 N–H and O–H groups in total. The fourth-order valence-electron chi connectivity index (χ4n) is 4.12. The molecule has 1 unspecified atom stereocenters. The van der Waals surface area contributed by atoms with E-state index in [0.717, 1.165) is 37.1 Å². The number of rotatable bonds is 5. The molecule has 0 radical (unpaired) electrons. The van der Waals surface area contributed by atoms with Crippen molar-refractivity contribution >= 4 is 17.2 Å². The highest BCUT2D eigenvalue weighted by Crippen LogP contribution is 2.41. The monoisotopic (exact) mass is 407 g/mol. The number of benzene rings is 1. The van der Waals surface area contributed by atoms with Gasteiger partial charge in [0.2, 0.25) is 0 Å². The molecular weight excluding hydrogens is 382 g/mol. The highest BCUT2D eigenvalue weighted by molar-refractivity contribution is 6.08. The predicted octanol–water partition coefficient (Wildman–Crippen LogP) is 2.83. The first-order chi connectivity index (χ1) is 14.5. The van der Waals surface area contributed by atoms with Crippen LogP contribution in [0.2, 0.25) is 0 Å². The largest absolute Gasteiger partial charge is 0.490 e. The minimum absolute atomic E-state index is 0.273. The molecule has 4 heterocycles. The highest BCUT2D eigenvalue weighted by Gasteiger charge is 2.32. The van der Waals surface area contributed by atoms with Crippen LogP contribution in [0.3, 0.4) is 0 Å². The molecule has 2 aliphatic rings. The summed E-state index contributed by atoms with van der Waals surface area (Å²) in [5, 5.41) is 10.6. The van der Waals surface area contributed by atoms with Crippen molar-refractivity contribution in [3.8, 4) is 11.5 Å². The van der Waals surface area contributed by atoms with Gasteiger partial charge in [0.05, 0.1) is 11.9 Å². The molecule has 0 aliphatic carbocycles. The van der Waals surface area contributed by atoms with Gasteiger partial charge in [-0.1, -0.05) is 0 Å². The Balaban J connectivity index is 1.44. The summed E-state index contributed by atoms with van der Waals surface area (Å²) in [5.41, 5.74) is 2.34. The minimum Gasteiger partial charge on any atom is -0.490 e. The molecule has 1 saturated heterocycles. The van der Waals surface area contributed by atoms with Gasteiger partial charge in [-0.05, 0) is 45.4 Å². The molecule has 156 valence electrons. The van der Waals surface area contributed by atoms with Gasteiger partial charge >= 0.3 is 0 Å². The Kier molecular flexibility index (Phi) is 4.58. The molecule has 0 bridgehead atoms. The van der Waals surface area contributed by atoms with E-state index in [4.69, 9.17) is 9.47 Å². The number of amides is 1. The molecule has 2 aliphatic heterocycles. The smallest absolute Gasteiger partial charge is 0.261 e.